The molecule has 2 N–H and O–H groups in total. The topological polar surface area (TPSA) is 60.0 Å². The van der Waals surface area contributed by atoms with E-state index in [1.54, 1.807) is 7.11 Å². The molecule has 2 aliphatic heterocycles. The van der Waals surface area contributed by atoms with Crippen LogP contribution in [0.1, 0.15) is 5.56 Å². The van der Waals surface area contributed by atoms with Crippen molar-refractivity contribution in [1.82, 2.24) is 5.32 Å². The van der Waals surface area contributed by atoms with Crippen LogP contribution < -0.4 is 19.5 Å². The maximum atomic E-state index is 10.3. The summed E-state index contributed by atoms with van der Waals surface area (Å²) in [6, 6.07) is 3.65. The number of benzene rings is 1. The van der Waals surface area contributed by atoms with Crippen molar-refractivity contribution in [2.75, 3.05) is 33.4 Å². The van der Waals surface area contributed by atoms with Crippen LogP contribution in [0.4, 0.5) is 0 Å². The lowest BCUT2D eigenvalue weighted by molar-refractivity contribution is -0.0152. The van der Waals surface area contributed by atoms with Gasteiger partial charge >= 0.3 is 0 Å². The summed E-state index contributed by atoms with van der Waals surface area (Å²) in [4.78, 5) is 0. The van der Waals surface area contributed by atoms with Gasteiger partial charge in [-0.1, -0.05) is 0 Å². The molecule has 0 atom stereocenters. The Morgan fingerprint density at radius 2 is 2.06 bits per heavy atom. The molecule has 0 spiro atoms. The van der Waals surface area contributed by atoms with E-state index in [0.29, 0.717) is 43.6 Å². The summed E-state index contributed by atoms with van der Waals surface area (Å²) in [7, 11) is 1.58. The second kappa shape index (κ2) is 3.78. The number of methoxy groups -OCH3 is 1. The Hall–Kier alpha value is -1.46. The summed E-state index contributed by atoms with van der Waals surface area (Å²) in [5.41, 5.74) is -0.0133. The fraction of sp³-hybridized carbons (Fsp3) is 0.500. The second-order valence-electron chi connectivity index (χ2n) is 4.34. The Morgan fingerprint density at radius 3 is 2.71 bits per heavy atom. The third kappa shape index (κ3) is 1.62. The van der Waals surface area contributed by atoms with Crippen LogP contribution in [0.15, 0.2) is 12.1 Å². The average Bonchev–Trinajstić information content (AvgIpc) is 2.34. The minimum Gasteiger partial charge on any atom is -0.493 e. The van der Waals surface area contributed by atoms with Crippen molar-refractivity contribution in [2.24, 2.45) is 0 Å². The molecule has 5 heteroatoms. The van der Waals surface area contributed by atoms with Crippen molar-refractivity contribution in [3.63, 3.8) is 0 Å². The minimum absolute atomic E-state index is 0.522. The Balaban J connectivity index is 2.06. The Bertz CT molecular complexity index is 425. The fourth-order valence-electron chi connectivity index (χ4n) is 2.11. The molecule has 0 bridgehead atoms. The molecule has 2 aliphatic rings. The van der Waals surface area contributed by atoms with E-state index >= 15 is 0 Å². The van der Waals surface area contributed by atoms with Gasteiger partial charge in [0.25, 0.3) is 0 Å². The SMILES string of the molecule is COc1cc(C2(O)CNC2)cc2c1OCCO2. The molecule has 0 aliphatic carbocycles. The molecule has 17 heavy (non-hydrogen) atoms. The minimum atomic E-state index is -0.816. The van der Waals surface area contributed by atoms with Crippen LogP contribution in [0.2, 0.25) is 0 Å². The lowest BCUT2D eigenvalue weighted by Gasteiger charge is -2.38. The molecular weight excluding hydrogens is 222 g/mol. The number of nitrogens with one attached hydrogen (secondary N) is 1. The molecule has 0 aromatic heterocycles. The van der Waals surface area contributed by atoms with Gasteiger partial charge in [0.05, 0.1) is 7.11 Å². The first-order chi connectivity index (χ1) is 8.23. The summed E-state index contributed by atoms with van der Waals surface area (Å²) in [6.45, 7) is 2.15. The van der Waals surface area contributed by atoms with Gasteiger partial charge < -0.3 is 24.6 Å². The molecule has 2 heterocycles. The van der Waals surface area contributed by atoms with Crippen LogP contribution >= 0.6 is 0 Å². The van der Waals surface area contributed by atoms with E-state index in [4.69, 9.17) is 14.2 Å². The normalized spacial score (nSPS) is 20.6. The smallest absolute Gasteiger partial charge is 0.203 e. The Labute approximate surface area is 99.3 Å². The first-order valence-electron chi connectivity index (χ1n) is 5.64. The van der Waals surface area contributed by atoms with Crippen LogP contribution in [0.5, 0.6) is 17.2 Å². The molecule has 1 fully saturated rings. The van der Waals surface area contributed by atoms with Crippen LogP contribution in [-0.4, -0.2) is 38.5 Å². The van der Waals surface area contributed by atoms with Gasteiger partial charge in [-0.25, -0.2) is 0 Å². The molecule has 0 amide bonds. The molecule has 1 saturated heterocycles. The van der Waals surface area contributed by atoms with Crippen LogP contribution in [0.25, 0.3) is 0 Å². The molecule has 1 aromatic rings. The number of β-amino-alcohol motifs (C(OH)–C–C–N with tert-alkyl or cyclic N) is 1. The lowest BCUT2D eigenvalue weighted by atomic mass is 9.88. The van der Waals surface area contributed by atoms with Crippen molar-refractivity contribution in [2.45, 2.75) is 5.60 Å². The molecule has 92 valence electrons. The number of aliphatic hydroxyl groups is 1. The van der Waals surface area contributed by atoms with E-state index in [9.17, 15) is 5.11 Å². The van der Waals surface area contributed by atoms with Gasteiger partial charge in [-0.15, -0.1) is 0 Å². The van der Waals surface area contributed by atoms with Gasteiger partial charge in [-0.2, -0.15) is 0 Å². The maximum Gasteiger partial charge on any atom is 0.203 e. The van der Waals surface area contributed by atoms with Crippen molar-refractivity contribution >= 4 is 0 Å². The third-order valence-corrected chi connectivity index (χ3v) is 3.20. The zero-order valence-electron chi connectivity index (χ0n) is 9.66. The van der Waals surface area contributed by atoms with E-state index in [1.807, 2.05) is 12.1 Å². The molecule has 0 saturated carbocycles. The van der Waals surface area contributed by atoms with Gasteiger partial charge in [0, 0.05) is 13.1 Å². The highest BCUT2D eigenvalue weighted by atomic mass is 16.6. The van der Waals surface area contributed by atoms with Crippen molar-refractivity contribution < 1.29 is 19.3 Å². The number of rotatable bonds is 2. The van der Waals surface area contributed by atoms with Crippen molar-refractivity contribution in [1.29, 1.82) is 0 Å². The van der Waals surface area contributed by atoms with Gasteiger partial charge in [0.2, 0.25) is 5.75 Å². The second-order valence-corrected chi connectivity index (χ2v) is 4.34. The third-order valence-electron chi connectivity index (χ3n) is 3.20. The summed E-state index contributed by atoms with van der Waals surface area (Å²) < 4.78 is 16.3. The van der Waals surface area contributed by atoms with E-state index < -0.39 is 5.60 Å². The first-order valence-corrected chi connectivity index (χ1v) is 5.64. The van der Waals surface area contributed by atoms with E-state index in [2.05, 4.69) is 5.32 Å². The van der Waals surface area contributed by atoms with Crippen molar-refractivity contribution in [3.05, 3.63) is 17.7 Å². The molecular formula is C12H15NO4. The Morgan fingerprint density at radius 1 is 1.29 bits per heavy atom. The molecule has 3 rings (SSSR count). The Kier molecular flexibility index (Phi) is 2.38. The van der Waals surface area contributed by atoms with Gasteiger partial charge in [-0.3, -0.25) is 0 Å². The van der Waals surface area contributed by atoms with E-state index in [0.717, 1.165) is 5.56 Å². The van der Waals surface area contributed by atoms with Gasteiger partial charge in [0.15, 0.2) is 11.5 Å². The highest BCUT2D eigenvalue weighted by molar-refractivity contribution is 5.56. The van der Waals surface area contributed by atoms with Crippen molar-refractivity contribution in [3.8, 4) is 17.2 Å². The van der Waals surface area contributed by atoms with Gasteiger partial charge in [0.1, 0.15) is 18.8 Å². The standard InChI is InChI=1S/C12H15NO4/c1-15-9-4-8(12(14)6-13-7-12)5-10-11(9)17-3-2-16-10/h4-5,13-14H,2-3,6-7H2,1H3. The number of hydrogen-bond acceptors (Lipinski definition) is 5. The highest BCUT2D eigenvalue weighted by Gasteiger charge is 2.38. The maximum absolute atomic E-state index is 10.3. The predicted molar refractivity (Wildman–Crippen MR) is 60.8 cm³/mol. The number of hydrogen-bond donors (Lipinski definition) is 2. The fourth-order valence-corrected chi connectivity index (χ4v) is 2.11. The van der Waals surface area contributed by atoms with Crippen LogP contribution in [0.3, 0.4) is 0 Å². The monoisotopic (exact) mass is 237 g/mol. The summed E-state index contributed by atoms with van der Waals surface area (Å²) in [6.07, 6.45) is 0. The molecule has 5 nitrogen and oxygen atoms in total. The predicted octanol–water partition coefficient (Wildman–Crippen LogP) is 0.257. The zero-order chi connectivity index (χ0) is 11.9. The zero-order valence-corrected chi connectivity index (χ0v) is 9.66. The van der Waals surface area contributed by atoms with E-state index in [-0.39, 0.29) is 0 Å². The van der Waals surface area contributed by atoms with E-state index in [1.165, 1.54) is 0 Å². The first kappa shape index (κ1) is 10.7. The number of fused-ring (bicyclic) bond motifs is 1. The summed E-state index contributed by atoms with van der Waals surface area (Å²) in [5, 5.41) is 13.3. The largest absolute Gasteiger partial charge is 0.493 e. The van der Waals surface area contributed by atoms with Gasteiger partial charge in [-0.05, 0) is 17.7 Å². The lowest BCUT2D eigenvalue weighted by Crippen LogP contribution is -2.56. The molecule has 0 unspecified atom stereocenters. The molecule has 0 radical (unpaired) electrons. The van der Waals surface area contributed by atoms with Crippen LogP contribution in [-0.2, 0) is 5.60 Å². The highest BCUT2D eigenvalue weighted by Crippen LogP contribution is 2.43. The number of ether oxygens (including phenoxy) is 3. The average molecular weight is 237 g/mol. The van der Waals surface area contributed by atoms with Crippen LogP contribution in [0, 0.1) is 0 Å². The summed E-state index contributed by atoms with van der Waals surface area (Å²) >= 11 is 0. The summed E-state index contributed by atoms with van der Waals surface area (Å²) in [5.74, 6) is 1.88. The molecule has 1 aromatic carbocycles. The quantitative estimate of drug-likeness (QED) is 0.772.